The number of nitrogens with zero attached hydrogens (tertiary/aromatic N) is 1. The molecule has 0 aromatic heterocycles. The molecule has 1 heterocycles. The molecule has 3 rings (SSSR count). The van der Waals surface area contributed by atoms with Gasteiger partial charge in [0.1, 0.15) is 0 Å². The number of ether oxygens (including phenoxy) is 1. The van der Waals surface area contributed by atoms with Crippen LogP contribution in [-0.2, 0) is 16.0 Å². The van der Waals surface area contributed by atoms with E-state index in [1.165, 1.54) is 11.0 Å². The molecule has 2 aromatic rings. The summed E-state index contributed by atoms with van der Waals surface area (Å²) in [6, 6.07) is 9.99. The second kappa shape index (κ2) is 6.63. The van der Waals surface area contributed by atoms with Crippen molar-refractivity contribution in [2.45, 2.75) is 25.5 Å². The molecule has 0 N–H and O–H groups in total. The Hall–Kier alpha value is -2.76. The SMILES string of the molecule is CC(c1ccc(F)c(F)c1)N(C)C(=O)C1Cc2ccccc2C(=O)O1. The van der Waals surface area contributed by atoms with Crippen molar-refractivity contribution in [1.29, 1.82) is 0 Å². The minimum absolute atomic E-state index is 0.287. The molecular weight excluding hydrogens is 328 g/mol. The van der Waals surface area contributed by atoms with Crippen LogP contribution in [0.25, 0.3) is 0 Å². The summed E-state index contributed by atoms with van der Waals surface area (Å²) in [5, 5.41) is 0. The maximum Gasteiger partial charge on any atom is 0.339 e. The van der Waals surface area contributed by atoms with Crippen molar-refractivity contribution < 1.29 is 23.1 Å². The number of carbonyl (C=O) groups is 2. The molecule has 4 nitrogen and oxygen atoms in total. The number of esters is 1. The Kier molecular flexibility index (Phi) is 4.53. The van der Waals surface area contributed by atoms with Gasteiger partial charge in [0.2, 0.25) is 0 Å². The Labute approximate surface area is 144 Å². The van der Waals surface area contributed by atoms with Gasteiger partial charge in [-0.3, -0.25) is 4.79 Å². The fourth-order valence-electron chi connectivity index (χ4n) is 2.88. The third-order valence-corrected chi connectivity index (χ3v) is 4.52. The summed E-state index contributed by atoms with van der Waals surface area (Å²) < 4.78 is 31.8. The summed E-state index contributed by atoms with van der Waals surface area (Å²) in [7, 11) is 1.54. The largest absolute Gasteiger partial charge is 0.448 e. The minimum Gasteiger partial charge on any atom is -0.448 e. The van der Waals surface area contributed by atoms with Crippen molar-refractivity contribution in [2.75, 3.05) is 7.05 Å². The zero-order valence-electron chi connectivity index (χ0n) is 13.8. The maximum absolute atomic E-state index is 13.4. The average Bonchev–Trinajstić information content (AvgIpc) is 2.62. The normalized spacial score (nSPS) is 17.4. The van der Waals surface area contributed by atoms with E-state index in [1.807, 2.05) is 0 Å². The molecule has 2 atom stereocenters. The predicted octanol–water partition coefficient (Wildman–Crippen LogP) is 3.27. The monoisotopic (exact) mass is 345 g/mol. The summed E-state index contributed by atoms with van der Waals surface area (Å²) in [5.74, 6) is -2.83. The predicted molar refractivity (Wildman–Crippen MR) is 86.9 cm³/mol. The number of likely N-dealkylation sites (N-methyl/N-ethyl adjacent to an activating group) is 1. The van der Waals surface area contributed by atoms with Gasteiger partial charge in [-0.25, -0.2) is 13.6 Å². The molecule has 0 saturated carbocycles. The lowest BCUT2D eigenvalue weighted by Gasteiger charge is -2.31. The van der Waals surface area contributed by atoms with Gasteiger partial charge in [0.05, 0.1) is 11.6 Å². The van der Waals surface area contributed by atoms with E-state index >= 15 is 0 Å². The van der Waals surface area contributed by atoms with Gasteiger partial charge in [-0.05, 0) is 36.2 Å². The van der Waals surface area contributed by atoms with Crippen LogP contribution in [0.3, 0.4) is 0 Å². The standard InChI is InChI=1S/C19H17F2NO3/c1-11(12-7-8-15(20)16(21)9-12)22(2)18(23)17-10-13-5-3-4-6-14(13)19(24)25-17/h3-9,11,17H,10H2,1-2H3. The van der Waals surface area contributed by atoms with Gasteiger partial charge in [-0.1, -0.05) is 24.3 Å². The first-order chi connectivity index (χ1) is 11.9. The van der Waals surface area contributed by atoms with Crippen LogP contribution >= 0.6 is 0 Å². The molecule has 130 valence electrons. The third kappa shape index (κ3) is 3.24. The highest BCUT2D eigenvalue weighted by atomic mass is 19.2. The van der Waals surface area contributed by atoms with Crippen molar-refractivity contribution in [2.24, 2.45) is 0 Å². The molecular formula is C19H17F2NO3. The molecule has 0 spiro atoms. The highest BCUT2D eigenvalue weighted by molar-refractivity contribution is 5.95. The Morgan fingerprint density at radius 2 is 1.92 bits per heavy atom. The van der Waals surface area contributed by atoms with Crippen molar-refractivity contribution in [3.8, 4) is 0 Å². The first kappa shape index (κ1) is 17.1. The van der Waals surface area contributed by atoms with E-state index in [4.69, 9.17) is 4.74 Å². The van der Waals surface area contributed by atoms with Crippen molar-refractivity contribution >= 4 is 11.9 Å². The molecule has 6 heteroatoms. The first-order valence-electron chi connectivity index (χ1n) is 7.89. The van der Waals surface area contributed by atoms with E-state index in [0.29, 0.717) is 11.1 Å². The van der Waals surface area contributed by atoms with E-state index in [1.54, 1.807) is 38.2 Å². The van der Waals surface area contributed by atoms with E-state index in [-0.39, 0.29) is 12.3 Å². The lowest BCUT2D eigenvalue weighted by molar-refractivity contribution is -0.141. The molecule has 0 aliphatic carbocycles. The molecule has 1 amide bonds. The highest BCUT2D eigenvalue weighted by Gasteiger charge is 2.34. The van der Waals surface area contributed by atoms with E-state index < -0.39 is 29.7 Å². The summed E-state index contributed by atoms with van der Waals surface area (Å²) in [4.78, 5) is 26.1. The topological polar surface area (TPSA) is 46.6 Å². The lowest BCUT2D eigenvalue weighted by atomic mass is 9.97. The van der Waals surface area contributed by atoms with Crippen molar-refractivity contribution in [3.05, 3.63) is 70.8 Å². The minimum atomic E-state index is -0.969. The van der Waals surface area contributed by atoms with Crippen LogP contribution in [0.1, 0.15) is 34.5 Å². The molecule has 25 heavy (non-hydrogen) atoms. The smallest absolute Gasteiger partial charge is 0.339 e. The summed E-state index contributed by atoms with van der Waals surface area (Å²) in [5.41, 5.74) is 1.67. The summed E-state index contributed by atoms with van der Waals surface area (Å²) in [6.45, 7) is 1.70. The summed E-state index contributed by atoms with van der Waals surface area (Å²) in [6.07, 6.45) is -0.643. The van der Waals surface area contributed by atoms with Gasteiger partial charge >= 0.3 is 5.97 Å². The number of carbonyl (C=O) groups excluding carboxylic acids is 2. The molecule has 0 radical (unpaired) electrons. The zero-order valence-corrected chi connectivity index (χ0v) is 13.8. The second-order valence-corrected chi connectivity index (χ2v) is 6.05. The van der Waals surface area contributed by atoms with E-state index in [2.05, 4.69) is 0 Å². The Morgan fingerprint density at radius 3 is 2.64 bits per heavy atom. The number of hydrogen-bond acceptors (Lipinski definition) is 3. The average molecular weight is 345 g/mol. The lowest BCUT2D eigenvalue weighted by Crippen LogP contribution is -2.43. The quantitative estimate of drug-likeness (QED) is 0.802. The number of halogens is 2. The Balaban J connectivity index is 1.78. The van der Waals surface area contributed by atoms with Crippen LogP contribution in [0, 0.1) is 11.6 Å². The molecule has 0 bridgehead atoms. The van der Waals surface area contributed by atoms with Gasteiger partial charge in [0.25, 0.3) is 5.91 Å². The van der Waals surface area contributed by atoms with Crippen LogP contribution in [0.5, 0.6) is 0 Å². The van der Waals surface area contributed by atoms with Gasteiger partial charge < -0.3 is 9.64 Å². The van der Waals surface area contributed by atoms with Crippen LogP contribution in [0.4, 0.5) is 8.78 Å². The number of cyclic esters (lactones) is 1. The van der Waals surface area contributed by atoms with Gasteiger partial charge in [-0.2, -0.15) is 0 Å². The van der Waals surface area contributed by atoms with E-state index in [9.17, 15) is 18.4 Å². The van der Waals surface area contributed by atoms with Crippen molar-refractivity contribution in [1.82, 2.24) is 4.90 Å². The second-order valence-electron chi connectivity index (χ2n) is 6.05. The third-order valence-electron chi connectivity index (χ3n) is 4.52. The van der Waals surface area contributed by atoms with Crippen LogP contribution in [0.15, 0.2) is 42.5 Å². The van der Waals surface area contributed by atoms with Crippen molar-refractivity contribution in [3.63, 3.8) is 0 Å². The molecule has 2 unspecified atom stereocenters. The Morgan fingerprint density at radius 1 is 1.20 bits per heavy atom. The van der Waals surface area contributed by atoms with Crippen LogP contribution in [-0.4, -0.2) is 29.9 Å². The fraction of sp³-hybridized carbons (Fsp3) is 0.263. The van der Waals surface area contributed by atoms with Gasteiger partial charge in [0.15, 0.2) is 17.7 Å². The molecule has 0 fully saturated rings. The molecule has 2 aromatic carbocycles. The number of fused-ring (bicyclic) bond motifs is 1. The fourth-order valence-corrected chi connectivity index (χ4v) is 2.88. The maximum atomic E-state index is 13.4. The number of hydrogen-bond donors (Lipinski definition) is 0. The molecule has 1 aliphatic heterocycles. The first-order valence-corrected chi connectivity index (χ1v) is 7.89. The zero-order chi connectivity index (χ0) is 18.1. The van der Waals surface area contributed by atoms with E-state index in [0.717, 1.165) is 17.7 Å². The van der Waals surface area contributed by atoms with Crippen LogP contribution in [0.2, 0.25) is 0 Å². The Bertz CT molecular complexity index is 837. The number of amides is 1. The summed E-state index contributed by atoms with van der Waals surface area (Å²) >= 11 is 0. The van der Waals surface area contributed by atoms with Gasteiger partial charge in [0, 0.05) is 13.5 Å². The number of rotatable bonds is 3. The highest BCUT2D eigenvalue weighted by Crippen LogP contribution is 2.25. The molecule has 1 aliphatic rings. The molecule has 0 saturated heterocycles. The van der Waals surface area contributed by atoms with Crippen LogP contribution < -0.4 is 0 Å². The number of benzene rings is 2. The van der Waals surface area contributed by atoms with Gasteiger partial charge in [-0.15, -0.1) is 0 Å².